The highest BCUT2D eigenvalue weighted by atomic mass is 16.5. The molecule has 0 aliphatic heterocycles. The first-order chi connectivity index (χ1) is 15.0. The first kappa shape index (κ1) is 23.5. The standard InChI is InChI=1S/C26H39NO5/c1-16(28)31-15-26(30,14-27)23-8-7-21-20-6-5-18-13-19(32-17(2)29)9-11-24(18,3)22(20)10-12-25(21,23)4/h18-23,30H,5-13,15H2,1-4H3/t18-,19-,20-,21-,22-,23-,24-,25-,26-/m0/s1. The van der Waals surface area contributed by atoms with Crippen molar-refractivity contribution in [1.82, 2.24) is 0 Å². The van der Waals surface area contributed by atoms with Crippen LogP contribution in [-0.4, -0.2) is 35.4 Å². The molecule has 0 spiro atoms. The van der Waals surface area contributed by atoms with Crippen molar-refractivity contribution in [3.63, 3.8) is 0 Å². The Kier molecular flexibility index (Phi) is 6.11. The second kappa shape index (κ2) is 8.31. The fourth-order valence-electron chi connectivity index (χ4n) is 8.77. The van der Waals surface area contributed by atoms with Crippen molar-refractivity contribution in [3.05, 3.63) is 0 Å². The zero-order valence-corrected chi connectivity index (χ0v) is 20.1. The van der Waals surface area contributed by atoms with Crippen LogP contribution in [0.2, 0.25) is 0 Å². The highest BCUT2D eigenvalue weighted by Gasteiger charge is 2.63. The van der Waals surface area contributed by atoms with Crippen molar-refractivity contribution in [2.75, 3.05) is 6.61 Å². The molecule has 0 aromatic carbocycles. The zero-order valence-electron chi connectivity index (χ0n) is 20.1. The summed E-state index contributed by atoms with van der Waals surface area (Å²) in [5.41, 5.74) is -1.45. The topological polar surface area (TPSA) is 96.6 Å². The molecule has 178 valence electrons. The number of rotatable bonds is 4. The molecule has 0 radical (unpaired) electrons. The maximum absolute atomic E-state index is 11.5. The number of carbonyl (C=O) groups excluding carboxylic acids is 2. The van der Waals surface area contributed by atoms with Gasteiger partial charge in [-0.2, -0.15) is 5.26 Å². The predicted molar refractivity (Wildman–Crippen MR) is 118 cm³/mol. The summed E-state index contributed by atoms with van der Waals surface area (Å²) in [4.78, 5) is 22.8. The van der Waals surface area contributed by atoms with Crippen LogP contribution >= 0.6 is 0 Å². The normalized spacial score (nSPS) is 44.8. The van der Waals surface area contributed by atoms with E-state index in [-0.39, 0.29) is 35.4 Å². The number of nitrogens with zero attached hydrogens (tertiary/aromatic N) is 1. The van der Waals surface area contributed by atoms with Crippen LogP contribution in [0.15, 0.2) is 0 Å². The Hall–Kier alpha value is -1.61. The molecular weight excluding hydrogens is 406 g/mol. The molecule has 0 aromatic heterocycles. The molecule has 0 unspecified atom stereocenters. The van der Waals surface area contributed by atoms with Gasteiger partial charge in [0.05, 0.1) is 0 Å². The predicted octanol–water partition coefficient (Wildman–Crippen LogP) is 4.39. The van der Waals surface area contributed by atoms with E-state index in [4.69, 9.17) is 9.47 Å². The Bertz CT molecular complexity index is 807. The first-order valence-electron chi connectivity index (χ1n) is 12.5. The van der Waals surface area contributed by atoms with Crippen LogP contribution in [0, 0.1) is 51.8 Å². The number of hydrogen-bond acceptors (Lipinski definition) is 6. The molecule has 4 aliphatic rings. The molecule has 4 aliphatic carbocycles. The van der Waals surface area contributed by atoms with E-state index in [9.17, 15) is 20.0 Å². The molecule has 4 fully saturated rings. The van der Waals surface area contributed by atoms with Gasteiger partial charge in [-0.05, 0) is 92.3 Å². The maximum Gasteiger partial charge on any atom is 0.302 e. The largest absolute Gasteiger partial charge is 0.463 e. The molecule has 0 aromatic rings. The molecule has 0 saturated heterocycles. The third-order valence-corrected chi connectivity index (χ3v) is 10.2. The van der Waals surface area contributed by atoms with Gasteiger partial charge in [0.15, 0.2) is 5.60 Å². The molecule has 0 bridgehead atoms. The molecule has 9 atom stereocenters. The summed E-state index contributed by atoms with van der Waals surface area (Å²) in [5, 5.41) is 21.1. The van der Waals surface area contributed by atoms with Crippen LogP contribution in [0.3, 0.4) is 0 Å². The van der Waals surface area contributed by atoms with Gasteiger partial charge in [-0.3, -0.25) is 9.59 Å². The summed E-state index contributed by atoms with van der Waals surface area (Å²) in [5.74, 6) is 1.56. The van der Waals surface area contributed by atoms with E-state index in [0.717, 1.165) is 44.9 Å². The highest BCUT2D eigenvalue weighted by Crippen LogP contribution is 2.68. The average Bonchev–Trinajstić information content (AvgIpc) is 3.10. The second-order valence-electron chi connectivity index (χ2n) is 11.7. The molecule has 1 N–H and O–H groups in total. The van der Waals surface area contributed by atoms with Gasteiger partial charge in [0.2, 0.25) is 0 Å². The Morgan fingerprint density at radius 3 is 2.34 bits per heavy atom. The van der Waals surface area contributed by atoms with Crippen molar-refractivity contribution in [1.29, 1.82) is 5.26 Å². The minimum atomic E-state index is -1.62. The molecule has 0 heterocycles. The summed E-state index contributed by atoms with van der Waals surface area (Å²) in [6.45, 7) is 7.33. The first-order valence-corrected chi connectivity index (χ1v) is 12.5. The van der Waals surface area contributed by atoms with E-state index in [1.54, 1.807) is 0 Å². The Labute approximate surface area is 192 Å². The summed E-state index contributed by atoms with van der Waals surface area (Å²) in [6.07, 6.45) is 9.43. The fraction of sp³-hybridized carbons (Fsp3) is 0.885. The lowest BCUT2D eigenvalue weighted by atomic mass is 9.44. The monoisotopic (exact) mass is 445 g/mol. The van der Waals surface area contributed by atoms with Gasteiger partial charge < -0.3 is 14.6 Å². The second-order valence-corrected chi connectivity index (χ2v) is 11.7. The number of fused-ring (bicyclic) bond motifs is 5. The lowest BCUT2D eigenvalue weighted by Crippen LogP contribution is -2.56. The fourth-order valence-corrected chi connectivity index (χ4v) is 8.77. The van der Waals surface area contributed by atoms with E-state index in [1.807, 2.05) is 0 Å². The summed E-state index contributed by atoms with van der Waals surface area (Å²) >= 11 is 0. The number of aliphatic hydroxyl groups is 1. The third-order valence-electron chi connectivity index (χ3n) is 10.2. The highest BCUT2D eigenvalue weighted by molar-refractivity contribution is 5.66. The van der Waals surface area contributed by atoms with Crippen molar-refractivity contribution in [2.45, 2.75) is 97.2 Å². The Balaban J connectivity index is 1.52. The number of carbonyl (C=O) groups is 2. The molecular formula is C26H39NO5. The van der Waals surface area contributed by atoms with Gasteiger partial charge in [-0.15, -0.1) is 0 Å². The maximum atomic E-state index is 11.5. The number of esters is 2. The van der Waals surface area contributed by atoms with Gasteiger partial charge >= 0.3 is 11.9 Å². The van der Waals surface area contributed by atoms with Crippen LogP contribution in [0.5, 0.6) is 0 Å². The Morgan fingerprint density at radius 1 is 1.00 bits per heavy atom. The molecule has 4 rings (SSSR count). The smallest absolute Gasteiger partial charge is 0.302 e. The quantitative estimate of drug-likeness (QED) is 0.509. The van der Waals surface area contributed by atoms with Crippen LogP contribution in [-0.2, 0) is 19.1 Å². The average molecular weight is 446 g/mol. The Morgan fingerprint density at radius 2 is 1.69 bits per heavy atom. The molecule has 6 nitrogen and oxygen atoms in total. The zero-order chi connectivity index (χ0) is 23.3. The number of nitriles is 1. The van der Waals surface area contributed by atoms with Crippen LogP contribution in [0.25, 0.3) is 0 Å². The van der Waals surface area contributed by atoms with Crippen LogP contribution < -0.4 is 0 Å². The van der Waals surface area contributed by atoms with Crippen molar-refractivity contribution < 1.29 is 24.2 Å². The SMILES string of the molecule is CC(=O)OC[C@@](O)(C#N)[C@H]1CC[C@H]2[C@@H]3CC[C@H]4C[C@@H](OC(C)=O)CC[C@]4(C)[C@H]3CC[C@@]21C. The number of hydrogen-bond donors (Lipinski definition) is 1. The molecule has 0 amide bonds. The molecule has 32 heavy (non-hydrogen) atoms. The van der Waals surface area contributed by atoms with E-state index < -0.39 is 11.6 Å². The van der Waals surface area contributed by atoms with Crippen LogP contribution in [0.1, 0.15) is 85.5 Å². The van der Waals surface area contributed by atoms with E-state index in [2.05, 4.69) is 19.9 Å². The van der Waals surface area contributed by atoms with Gasteiger partial charge in [-0.25, -0.2) is 0 Å². The van der Waals surface area contributed by atoms with E-state index in [1.165, 1.54) is 26.7 Å². The lowest BCUT2D eigenvalue weighted by Gasteiger charge is -2.61. The summed E-state index contributed by atoms with van der Waals surface area (Å²) < 4.78 is 10.7. The summed E-state index contributed by atoms with van der Waals surface area (Å²) in [6, 6.07) is 2.12. The van der Waals surface area contributed by atoms with Gasteiger partial charge in [-0.1, -0.05) is 13.8 Å². The number of ether oxygens (including phenoxy) is 2. The molecule has 6 heteroatoms. The minimum absolute atomic E-state index is 0.0683. The van der Waals surface area contributed by atoms with Crippen molar-refractivity contribution in [2.24, 2.45) is 40.4 Å². The van der Waals surface area contributed by atoms with E-state index in [0.29, 0.717) is 23.7 Å². The van der Waals surface area contributed by atoms with Gasteiger partial charge in [0, 0.05) is 19.8 Å². The minimum Gasteiger partial charge on any atom is -0.463 e. The summed E-state index contributed by atoms with van der Waals surface area (Å²) in [7, 11) is 0. The van der Waals surface area contributed by atoms with Gasteiger partial charge in [0.1, 0.15) is 18.8 Å². The van der Waals surface area contributed by atoms with Gasteiger partial charge in [0.25, 0.3) is 0 Å². The molecule has 4 saturated carbocycles. The van der Waals surface area contributed by atoms with Crippen molar-refractivity contribution >= 4 is 11.9 Å². The van der Waals surface area contributed by atoms with E-state index >= 15 is 0 Å². The van der Waals surface area contributed by atoms with Crippen LogP contribution in [0.4, 0.5) is 0 Å². The third kappa shape index (κ3) is 3.75. The van der Waals surface area contributed by atoms with Crippen molar-refractivity contribution in [3.8, 4) is 6.07 Å². The lowest BCUT2D eigenvalue weighted by molar-refractivity contribution is -0.165.